The third kappa shape index (κ3) is 1.77. The summed E-state index contributed by atoms with van der Waals surface area (Å²) in [6, 6.07) is 9.43. The molecule has 0 saturated heterocycles. The highest BCUT2D eigenvalue weighted by atomic mass is 35.5. The van der Waals surface area contributed by atoms with Crippen molar-refractivity contribution in [2.75, 3.05) is 0 Å². The molecule has 5 heteroatoms. The topological polar surface area (TPSA) is 30.2 Å². The van der Waals surface area contributed by atoms with Crippen LogP contribution < -0.4 is 0 Å². The first kappa shape index (κ1) is 10.6. The van der Waals surface area contributed by atoms with Crippen molar-refractivity contribution in [3.8, 4) is 11.3 Å². The lowest BCUT2D eigenvalue weighted by Gasteiger charge is -1.97. The Balaban J connectivity index is 2.26. The Morgan fingerprint density at radius 3 is 2.71 bits per heavy atom. The summed E-state index contributed by atoms with van der Waals surface area (Å²) in [4.78, 5) is 4.01. The summed E-state index contributed by atoms with van der Waals surface area (Å²) in [6.07, 6.45) is 3.36. The van der Waals surface area contributed by atoms with Crippen LogP contribution >= 0.6 is 23.2 Å². The number of halogens is 2. The lowest BCUT2D eigenvalue weighted by Crippen LogP contribution is -1.88. The summed E-state index contributed by atoms with van der Waals surface area (Å²) in [6.45, 7) is 0. The van der Waals surface area contributed by atoms with Crippen LogP contribution in [-0.4, -0.2) is 14.6 Å². The molecule has 0 aliphatic carbocycles. The Labute approximate surface area is 108 Å². The lowest BCUT2D eigenvalue weighted by molar-refractivity contribution is 0.950. The summed E-state index contributed by atoms with van der Waals surface area (Å²) < 4.78 is 1.69. The highest BCUT2D eigenvalue weighted by molar-refractivity contribution is 6.33. The molecule has 3 rings (SSSR count). The standard InChI is InChI=1S/C12H7Cl2N3/c13-9-4-2-1-3-8(9)10-7-11-12(14)15-5-6-17(11)16-10/h1-7H. The molecule has 3 aromatic rings. The largest absolute Gasteiger partial charge is 0.241 e. The van der Waals surface area contributed by atoms with Gasteiger partial charge in [-0.15, -0.1) is 0 Å². The quantitative estimate of drug-likeness (QED) is 0.670. The van der Waals surface area contributed by atoms with E-state index < -0.39 is 0 Å². The highest BCUT2D eigenvalue weighted by Gasteiger charge is 2.09. The summed E-state index contributed by atoms with van der Waals surface area (Å²) in [5.41, 5.74) is 2.43. The molecule has 17 heavy (non-hydrogen) atoms. The third-order valence-corrected chi connectivity index (χ3v) is 3.11. The van der Waals surface area contributed by atoms with Gasteiger partial charge < -0.3 is 0 Å². The van der Waals surface area contributed by atoms with Crippen molar-refractivity contribution < 1.29 is 0 Å². The minimum Gasteiger partial charge on any atom is -0.241 e. The maximum absolute atomic E-state index is 6.13. The molecule has 0 saturated carbocycles. The van der Waals surface area contributed by atoms with E-state index in [9.17, 15) is 0 Å². The van der Waals surface area contributed by atoms with Gasteiger partial charge in [0, 0.05) is 18.0 Å². The minimum atomic E-state index is 0.429. The van der Waals surface area contributed by atoms with Gasteiger partial charge in [0.25, 0.3) is 0 Å². The number of nitrogens with zero attached hydrogens (tertiary/aromatic N) is 3. The van der Waals surface area contributed by atoms with Crippen LogP contribution in [-0.2, 0) is 0 Å². The second-order valence-electron chi connectivity index (χ2n) is 3.56. The van der Waals surface area contributed by atoms with Crippen LogP contribution in [0.2, 0.25) is 10.2 Å². The van der Waals surface area contributed by atoms with E-state index in [1.54, 1.807) is 16.9 Å². The smallest absolute Gasteiger partial charge is 0.154 e. The number of rotatable bonds is 1. The average Bonchev–Trinajstić information content (AvgIpc) is 2.75. The van der Waals surface area contributed by atoms with Crippen LogP contribution in [0.3, 0.4) is 0 Å². The molecule has 0 atom stereocenters. The molecule has 84 valence electrons. The number of benzene rings is 1. The van der Waals surface area contributed by atoms with Crippen molar-refractivity contribution >= 4 is 28.7 Å². The predicted octanol–water partition coefficient (Wildman–Crippen LogP) is 3.70. The molecule has 0 fully saturated rings. The molecule has 2 heterocycles. The van der Waals surface area contributed by atoms with Crippen LogP contribution in [0.5, 0.6) is 0 Å². The van der Waals surface area contributed by atoms with Gasteiger partial charge in [-0.25, -0.2) is 9.50 Å². The average molecular weight is 264 g/mol. The van der Waals surface area contributed by atoms with E-state index in [4.69, 9.17) is 23.2 Å². The molecule has 0 unspecified atom stereocenters. The molecule has 0 radical (unpaired) electrons. The van der Waals surface area contributed by atoms with Crippen LogP contribution in [0.25, 0.3) is 16.8 Å². The number of aromatic nitrogens is 3. The normalized spacial score (nSPS) is 10.9. The van der Waals surface area contributed by atoms with E-state index >= 15 is 0 Å². The lowest BCUT2D eigenvalue weighted by atomic mass is 10.1. The van der Waals surface area contributed by atoms with Gasteiger partial charge >= 0.3 is 0 Å². The first-order chi connectivity index (χ1) is 8.25. The molecular weight excluding hydrogens is 257 g/mol. The van der Waals surface area contributed by atoms with Crippen molar-refractivity contribution in [1.29, 1.82) is 0 Å². The first-order valence-electron chi connectivity index (χ1n) is 5.00. The summed E-state index contributed by atoms with van der Waals surface area (Å²) in [7, 11) is 0. The van der Waals surface area contributed by atoms with E-state index in [-0.39, 0.29) is 0 Å². The Hall–Kier alpha value is -1.58. The monoisotopic (exact) mass is 263 g/mol. The van der Waals surface area contributed by atoms with Gasteiger partial charge in [-0.2, -0.15) is 5.10 Å². The van der Waals surface area contributed by atoms with E-state index in [1.165, 1.54) is 0 Å². The van der Waals surface area contributed by atoms with Gasteiger partial charge in [0.1, 0.15) is 5.52 Å². The van der Waals surface area contributed by atoms with Crippen molar-refractivity contribution in [2.45, 2.75) is 0 Å². The van der Waals surface area contributed by atoms with Gasteiger partial charge in [-0.1, -0.05) is 41.4 Å². The SMILES string of the molecule is Clc1ccccc1-c1cc2c(Cl)nccn2n1. The minimum absolute atomic E-state index is 0.429. The zero-order valence-corrected chi connectivity index (χ0v) is 10.2. The molecule has 0 spiro atoms. The van der Waals surface area contributed by atoms with Crippen LogP contribution in [0.15, 0.2) is 42.7 Å². The van der Waals surface area contributed by atoms with Gasteiger partial charge in [-0.05, 0) is 12.1 Å². The molecule has 0 bridgehead atoms. The van der Waals surface area contributed by atoms with Gasteiger partial charge in [-0.3, -0.25) is 0 Å². The molecule has 2 aromatic heterocycles. The fraction of sp³-hybridized carbons (Fsp3) is 0. The number of hydrogen-bond acceptors (Lipinski definition) is 2. The molecular formula is C12H7Cl2N3. The maximum atomic E-state index is 6.13. The van der Waals surface area contributed by atoms with Crippen LogP contribution in [0, 0.1) is 0 Å². The molecule has 1 aromatic carbocycles. The van der Waals surface area contributed by atoms with E-state index in [1.807, 2.05) is 30.3 Å². The Kier molecular flexibility index (Phi) is 2.50. The van der Waals surface area contributed by atoms with Gasteiger partial charge in [0.05, 0.1) is 10.7 Å². The second-order valence-corrected chi connectivity index (χ2v) is 4.32. The zero-order valence-electron chi connectivity index (χ0n) is 8.64. The first-order valence-corrected chi connectivity index (χ1v) is 5.76. The molecule has 0 aliphatic rings. The van der Waals surface area contributed by atoms with E-state index in [0.717, 1.165) is 16.8 Å². The fourth-order valence-corrected chi connectivity index (χ4v) is 2.12. The molecule has 3 nitrogen and oxygen atoms in total. The summed E-state index contributed by atoms with van der Waals surface area (Å²) >= 11 is 12.1. The molecule has 0 N–H and O–H groups in total. The second kappa shape index (κ2) is 4.02. The zero-order chi connectivity index (χ0) is 11.8. The van der Waals surface area contributed by atoms with E-state index in [2.05, 4.69) is 10.1 Å². The number of fused-ring (bicyclic) bond motifs is 1. The summed E-state index contributed by atoms with van der Waals surface area (Å²) in [5.74, 6) is 0. The van der Waals surface area contributed by atoms with Crippen molar-refractivity contribution in [1.82, 2.24) is 14.6 Å². The third-order valence-electron chi connectivity index (χ3n) is 2.49. The van der Waals surface area contributed by atoms with Gasteiger partial charge in [0.15, 0.2) is 5.15 Å². The Morgan fingerprint density at radius 2 is 1.94 bits per heavy atom. The van der Waals surface area contributed by atoms with Crippen molar-refractivity contribution in [2.24, 2.45) is 0 Å². The molecule has 0 aliphatic heterocycles. The Morgan fingerprint density at radius 1 is 1.12 bits per heavy atom. The summed E-state index contributed by atoms with van der Waals surface area (Å²) in [5, 5.41) is 5.51. The van der Waals surface area contributed by atoms with Crippen LogP contribution in [0.1, 0.15) is 0 Å². The van der Waals surface area contributed by atoms with Crippen LogP contribution in [0.4, 0.5) is 0 Å². The van der Waals surface area contributed by atoms with E-state index in [0.29, 0.717) is 10.2 Å². The maximum Gasteiger partial charge on any atom is 0.154 e. The fourth-order valence-electron chi connectivity index (χ4n) is 1.69. The Bertz CT molecular complexity index is 691. The van der Waals surface area contributed by atoms with Crippen molar-refractivity contribution in [3.05, 3.63) is 52.9 Å². The van der Waals surface area contributed by atoms with Gasteiger partial charge in [0.2, 0.25) is 0 Å². The highest BCUT2D eigenvalue weighted by Crippen LogP contribution is 2.28. The molecule has 0 amide bonds. The predicted molar refractivity (Wildman–Crippen MR) is 68.4 cm³/mol. The van der Waals surface area contributed by atoms with Crippen molar-refractivity contribution in [3.63, 3.8) is 0 Å². The number of hydrogen-bond donors (Lipinski definition) is 0.